The quantitative estimate of drug-likeness (QED) is 0.757. The molecule has 0 unspecified atom stereocenters. The molecule has 1 aromatic carbocycles. The third-order valence-corrected chi connectivity index (χ3v) is 4.78. The second-order valence-electron chi connectivity index (χ2n) is 6.05. The molecule has 1 aliphatic rings. The molecule has 1 aliphatic carbocycles. The van der Waals surface area contributed by atoms with Crippen LogP contribution >= 0.6 is 11.6 Å². The fourth-order valence-corrected chi connectivity index (χ4v) is 3.12. The molecule has 1 heterocycles. The maximum Gasteiger partial charge on any atom is 0.230 e. The van der Waals surface area contributed by atoms with Crippen molar-refractivity contribution in [3.63, 3.8) is 0 Å². The predicted octanol–water partition coefficient (Wildman–Crippen LogP) is 3.17. The summed E-state index contributed by atoms with van der Waals surface area (Å²) in [7, 11) is 0. The summed E-state index contributed by atoms with van der Waals surface area (Å²) in [4.78, 5) is 20.9. The third kappa shape index (κ3) is 3.67. The van der Waals surface area contributed by atoms with Crippen LogP contribution in [0, 0.1) is 0 Å². The van der Waals surface area contributed by atoms with Crippen molar-refractivity contribution in [3.8, 4) is 0 Å². The summed E-state index contributed by atoms with van der Waals surface area (Å²) in [6, 6.07) is 9.42. The van der Waals surface area contributed by atoms with Crippen LogP contribution in [0.1, 0.15) is 31.2 Å². The Labute approximate surface area is 146 Å². The highest BCUT2D eigenvalue weighted by Crippen LogP contribution is 2.44. The smallest absolute Gasteiger partial charge is 0.230 e. The van der Waals surface area contributed by atoms with Crippen molar-refractivity contribution in [1.29, 1.82) is 0 Å². The van der Waals surface area contributed by atoms with Crippen molar-refractivity contribution in [1.82, 2.24) is 15.3 Å². The van der Waals surface area contributed by atoms with Crippen molar-refractivity contribution in [2.75, 3.05) is 18.4 Å². The van der Waals surface area contributed by atoms with E-state index in [0.717, 1.165) is 37.8 Å². The Hall–Kier alpha value is -2.14. The number of hydrogen-bond donors (Lipinski definition) is 2. The number of benzene rings is 1. The minimum Gasteiger partial charge on any atom is -0.355 e. The van der Waals surface area contributed by atoms with E-state index in [0.29, 0.717) is 17.5 Å². The lowest BCUT2D eigenvalue weighted by Crippen LogP contribution is -2.49. The van der Waals surface area contributed by atoms with Crippen molar-refractivity contribution >= 4 is 23.5 Å². The number of hydrogen-bond acceptors (Lipinski definition) is 4. The monoisotopic (exact) mass is 344 g/mol. The number of rotatable bonds is 7. The van der Waals surface area contributed by atoms with Crippen molar-refractivity contribution < 1.29 is 4.79 Å². The van der Waals surface area contributed by atoms with Crippen LogP contribution in [-0.2, 0) is 10.2 Å². The molecular formula is C18H21ClN4O. The van der Waals surface area contributed by atoms with Gasteiger partial charge in [0.15, 0.2) is 0 Å². The van der Waals surface area contributed by atoms with Crippen LogP contribution in [0.25, 0.3) is 0 Å². The Morgan fingerprint density at radius 1 is 1.12 bits per heavy atom. The number of carbonyl (C=O) groups is 1. The molecule has 1 amide bonds. The lowest BCUT2D eigenvalue weighted by Gasteiger charge is -2.40. The summed E-state index contributed by atoms with van der Waals surface area (Å²) in [5.74, 6) is 0.729. The van der Waals surface area contributed by atoms with Gasteiger partial charge in [0.05, 0.1) is 5.41 Å². The summed E-state index contributed by atoms with van der Waals surface area (Å²) in [6.07, 6.45) is 7.10. The first-order valence-corrected chi connectivity index (χ1v) is 8.64. The summed E-state index contributed by atoms with van der Waals surface area (Å²) in [5, 5.41) is 6.90. The van der Waals surface area contributed by atoms with Crippen LogP contribution in [0.5, 0.6) is 0 Å². The van der Waals surface area contributed by atoms with Gasteiger partial charge < -0.3 is 10.6 Å². The van der Waals surface area contributed by atoms with E-state index >= 15 is 0 Å². The molecule has 0 aliphatic heterocycles. The Morgan fingerprint density at radius 3 is 2.46 bits per heavy atom. The van der Waals surface area contributed by atoms with Gasteiger partial charge in [0.1, 0.15) is 0 Å². The largest absolute Gasteiger partial charge is 0.355 e. The summed E-state index contributed by atoms with van der Waals surface area (Å²) in [6.45, 7) is 1.35. The molecule has 126 valence electrons. The van der Waals surface area contributed by atoms with E-state index < -0.39 is 0 Å². The molecule has 1 saturated carbocycles. The highest BCUT2D eigenvalue weighted by atomic mass is 35.5. The van der Waals surface area contributed by atoms with Crippen LogP contribution in [0.15, 0.2) is 42.7 Å². The molecule has 24 heavy (non-hydrogen) atoms. The maximum atomic E-state index is 12.7. The van der Waals surface area contributed by atoms with Crippen LogP contribution in [0.2, 0.25) is 5.02 Å². The molecule has 3 rings (SSSR count). The fourth-order valence-electron chi connectivity index (χ4n) is 3.00. The van der Waals surface area contributed by atoms with Gasteiger partial charge in [-0.15, -0.1) is 0 Å². The number of halogens is 1. The van der Waals surface area contributed by atoms with Crippen molar-refractivity contribution in [2.45, 2.75) is 31.1 Å². The van der Waals surface area contributed by atoms with E-state index in [2.05, 4.69) is 20.6 Å². The Kier molecular flexibility index (Phi) is 5.30. The standard InChI is InChI=1S/C18H21ClN4O/c19-15-6-4-14(5-7-15)18(8-1-9-18)16(24)20-10-2-11-21-17-22-12-3-13-23-17/h3-7,12-13H,1-2,8-11H2,(H,20,24)(H,21,22,23). The Balaban J connectivity index is 1.48. The lowest BCUT2D eigenvalue weighted by atomic mass is 9.64. The molecule has 2 aromatic rings. The van der Waals surface area contributed by atoms with Gasteiger partial charge in [-0.25, -0.2) is 9.97 Å². The van der Waals surface area contributed by atoms with Crippen molar-refractivity contribution in [2.24, 2.45) is 0 Å². The predicted molar refractivity (Wildman–Crippen MR) is 95.1 cm³/mol. The second-order valence-corrected chi connectivity index (χ2v) is 6.49. The van der Waals surface area contributed by atoms with E-state index in [4.69, 9.17) is 11.6 Å². The number of carbonyl (C=O) groups excluding carboxylic acids is 1. The van der Waals surface area contributed by atoms with Crippen molar-refractivity contribution in [3.05, 3.63) is 53.3 Å². The number of nitrogens with one attached hydrogen (secondary N) is 2. The first-order chi connectivity index (χ1) is 11.7. The summed E-state index contributed by atoms with van der Waals surface area (Å²) >= 11 is 5.95. The average molecular weight is 345 g/mol. The third-order valence-electron chi connectivity index (χ3n) is 4.53. The normalized spacial score (nSPS) is 15.4. The zero-order chi connectivity index (χ0) is 16.8. The molecule has 1 aromatic heterocycles. The van der Waals surface area contributed by atoms with Gasteiger partial charge in [-0.2, -0.15) is 0 Å². The maximum absolute atomic E-state index is 12.7. The first-order valence-electron chi connectivity index (χ1n) is 8.26. The van der Waals surface area contributed by atoms with E-state index in [1.807, 2.05) is 24.3 Å². The van der Waals surface area contributed by atoms with Crippen LogP contribution < -0.4 is 10.6 Å². The SMILES string of the molecule is O=C(NCCCNc1ncccn1)C1(c2ccc(Cl)cc2)CCC1. The lowest BCUT2D eigenvalue weighted by molar-refractivity contribution is -0.129. The molecule has 2 N–H and O–H groups in total. The number of nitrogens with zero attached hydrogens (tertiary/aromatic N) is 2. The zero-order valence-corrected chi connectivity index (χ0v) is 14.2. The van der Waals surface area contributed by atoms with Gasteiger partial charge >= 0.3 is 0 Å². The highest BCUT2D eigenvalue weighted by molar-refractivity contribution is 6.30. The van der Waals surface area contributed by atoms with Gasteiger partial charge in [-0.1, -0.05) is 30.2 Å². The molecule has 5 nitrogen and oxygen atoms in total. The average Bonchev–Trinajstić information content (AvgIpc) is 2.56. The summed E-state index contributed by atoms with van der Waals surface area (Å²) in [5.41, 5.74) is 0.687. The number of anilines is 1. The molecule has 0 radical (unpaired) electrons. The Bertz CT molecular complexity index is 671. The van der Waals surface area contributed by atoms with Gasteiger partial charge in [0.2, 0.25) is 11.9 Å². The van der Waals surface area contributed by atoms with E-state index in [-0.39, 0.29) is 11.3 Å². The molecule has 1 fully saturated rings. The van der Waals surface area contributed by atoms with Crippen LogP contribution in [0.4, 0.5) is 5.95 Å². The zero-order valence-electron chi connectivity index (χ0n) is 13.5. The topological polar surface area (TPSA) is 66.9 Å². The second kappa shape index (κ2) is 7.62. The molecule has 6 heteroatoms. The van der Waals surface area contributed by atoms with E-state index in [1.54, 1.807) is 18.5 Å². The first kappa shape index (κ1) is 16.7. The number of aromatic nitrogens is 2. The molecular weight excluding hydrogens is 324 g/mol. The fraction of sp³-hybridized carbons (Fsp3) is 0.389. The molecule has 0 bridgehead atoms. The van der Waals surface area contributed by atoms with Gasteiger partial charge in [-0.05, 0) is 43.0 Å². The number of amides is 1. The minimum absolute atomic E-state index is 0.118. The molecule has 0 spiro atoms. The molecule has 0 saturated heterocycles. The summed E-state index contributed by atoms with van der Waals surface area (Å²) < 4.78 is 0. The van der Waals surface area contributed by atoms with Crippen LogP contribution in [-0.4, -0.2) is 29.0 Å². The van der Waals surface area contributed by atoms with Gasteiger partial charge in [-0.3, -0.25) is 4.79 Å². The molecule has 0 atom stereocenters. The highest BCUT2D eigenvalue weighted by Gasteiger charge is 2.45. The van der Waals surface area contributed by atoms with Gasteiger partial charge in [0.25, 0.3) is 0 Å². The van der Waals surface area contributed by atoms with Gasteiger partial charge in [0, 0.05) is 30.5 Å². The Morgan fingerprint density at radius 2 is 1.83 bits per heavy atom. The van der Waals surface area contributed by atoms with Crippen LogP contribution in [0.3, 0.4) is 0 Å². The minimum atomic E-state index is -0.374. The van der Waals surface area contributed by atoms with E-state index in [1.165, 1.54) is 0 Å². The van der Waals surface area contributed by atoms with E-state index in [9.17, 15) is 4.79 Å².